The lowest BCUT2D eigenvalue weighted by Crippen LogP contribution is -2.38. The van der Waals surface area contributed by atoms with E-state index in [1.165, 1.54) is 45.1 Å². The average molecular weight is 150 g/mol. The average Bonchev–Trinajstić information content (AvgIpc) is 2.09. The van der Waals surface area contributed by atoms with Gasteiger partial charge in [-0.2, -0.15) is 0 Å². The monoisotopic (exact) mass is 150 g/mol. The largest absolute Gasteiger partial charge is 0.307 e. The third-order valence-corrected chi connectivity index (χ3v) is 3.27. The molecular weight excluding hydrogens is 133 g/mol. The molecule has 0 aliphatic carbocycles. The Morgan fingerprint density at radius 2 is 2.09 bits per heavy atom. The smallest absolute Gasteiger partial charge is 0.119 e. The summed E-state index contributed by atoms with van der Waals surface area (Å²) < 4.78 is 0. The molecule has 1 spiro atoms. The highest BCUT2D eigenvalue weighted by atomic mass is 15.1. The molecule has 2 heterocycles. The summed E-state index contributed by atoms with van der Waals surface area (Å²) in [5.74, 6) is 0. The molecule has 2 aliphatic rings. The van der Waals surface area contributed by atoms with Gasteiger partial charge in [-0.1, -0.05) is 25.6 Å². The summed E-state index contributed by atoms with van der Waals surface area (Å²) in [7, 11) is 4.81. The van der Waals surface area contributed by atoms with Gasteiger partial charge in [-0.05, 0) is 31.9 Å². The van der Waals surface area contributed by atoms with Crippen molar-refractivity contribution in [2.45, 2.75) is 37.3 Å². The highest BCUT2D eigenvalue weighted by Gasteiger charge is 2.38. The van der Waals surface area contributed by atoms with Gasteiger partial charge in [0.05, 0.1) is 0 Å². The maximum atomic E-state index is 2.55. The van der Waals surface area contributed by atoms with E-state index in [2.05, 4.69) is 19.2 Å². The van der Waals surface area contributed by atoms with E-state index < -0.39 is 0 Å². The van der Waals surface area contributed by atoms with Crippen molar-refractivity contribution in [3.8, 4) is 0 Å². The van der Waals surface area contributed by atoms with Gasteiger partial charge in [-0.3, -0.25) is 0 Å². The van der Waals surface area contributed by atoms with Crippen molar-refractivity contribution < 1.29 is 0 Å². The Kier molecular flexibility index (Phi) is 1.96. The second-order valence-electron chi connectivity index (χ2n) is 4.30. The minimum atomic E-state index is 0.658. The first-order chi connectivity index (χ1) is 5.31. The van der Waals surface area contributed by atoms with Gasteiger partial charge in [0.2, 0.25) is 0 Å². The summed E-state index contributed by atoms with van der Waals surface area (Å²) in [5, 5.41) is 0.658. The molecule has 11 heavy (non-hydrogen) atoms. The van der Waals surface area contributed by atoms with Crippen molar-refractivity contribution in [1.82, 2.24) is 4.90 Å². The number of hydrogen-bond acceptors (Lipinski definition) is 1. The van der Waals surface area contributed by atoms with Gasteiger partial charge in [-0.15, -0.1) is 0 Å². The number of nitrogens with zero attached hydrogens (tertiary/aromatic N) is 1. The normalized spacial score (nSPS) is 39.4. The lowest BCUT2D eigenvalue weighted by molar-refractivity contribution is 0.290. The molecule has 0 aromatic heterocycles. The summed E-state index contributed by atoms with van der Waals surface area (Å²) in [6.45, 7) is 2.64. The van der Waals surface area contributed by atoms with Crippen molar-refractivity contribution in [2.75, 3.05) is 20.1 Å². The molecule has 0 bridgehead atoms. The van der Waals surface area contributed by atoms with Gasteiger partial charge in [-0.25, -0.2) is 0 Å². The molecule has 1 unspecified atom stereocenters. The van der Waals surface area contributed by atoms with E-state index in [-0.39, 0.29) is 0 Å². The second kappa shape index (κ2) is 2.82. The summed E-state index contributed by atoms with van der Waals surface area (Å²) in [6, 6.07) is 0. The molecule has 2 heteroatoms. The maximum Gasteiger partial charge on any atom is 0.119 e. The summed E-state index contributed by atoms with van der Waals surface area (Å²) in [4.78, 5) is 2.50. The van der Waals surface area contributed by atoms with Crippen LogP contribution in [0, 0.1) is 0 Å². The fourth-order valence-electron chi connectivity index (χ4n) is 2.48. The van der Waals surface area contributed by atoms with Crippen LogP contribution < -0.4 is 0 Å². The number of hydrogen-bond donors (Lipinski definition) is 0. The van der Waals surface area contributed by atoms with Crippen LogP contribution in [0.25, 0.3) is 0 Å². The van der Waals surface area contributed by atoms with Crippen molar-refractivity contribution in [3.63, 3.8) is 0 Å². The van der Waals surface area contributed by atoms with Gasteiger partial charge in [0.25, 0.3) is 0 Å². The van der Waals surface area contributed by atoms with Crippen LogP contribution in [0.3, 0.4) is 0 Å². The Labute approximate surface area is 70.4 Å². The van der Waals surface area contributed by atoms with Crippen LogP contribution in [0.15, 0.2) is 0 Å². The van der Waals surface area contributed by atoms with E-state index in [9.17, 15) is 0 Å². The first-order valence-corrected chi connectivity index (χ1v) is 4.84. The first kappa shape index (κ1) is 7.66. The molecule has 2 saturated heterocycles. The summed E-state index contributed by atoms with van der Waals surface area (Å²) >= 11 is 0. The quantitative estimate of drug-likeness (QED) is 0.476. The molecule has 0 aromatic rings. The molecule has 1 radical (unpaired) electrons. The van der Waals surface area contributed by atoms with E-state index in [1.54, 1.807) is 0 Å². The van der Waals surface area contributed by atoms with E-state index in [0.717, 1.165) is 0 Å². The third-order valence-electron chi connectivity index (χ3n) is 3.27. The molecule has 1 nitrogen and oxygen atoms in total. The lowest BCUT2D eigenvalue weighted by Gasteiger charge is -2.42. The van der Waals surface area contributed by atoms with E-state index in [1.807, 2.05) is 0 Å². The Bertz CT molecular complexity index is 142. The van der Waals surface area contributed by atoms with Crippen LogP contribution in [0.2, 0.25) is 11.6 Å². The summed E-state index contributed by atoms with van der Waals surface area (Å²) in [6.07, 6.45) is 7.13. The standard InChI is InChI=1S/C9H17BN/c1-11-7-3-2-4-9(8-11)5-6-10-9/h2-8H2,1H3. The number of rotatable bonds is 0. The van der Waals surface area contributed by atoms with Gasteiger partial charge >= 0.3 is 0 Å². The Morgan fingerprint density at radius 3 is 2.73 bits per heavy atom. The lowest BCUT2D eigenvalue weighted by atomic mass is 9.36. The van der Waals surface area contributed by atoms with E-state index in [0.29, 0.717) is 5.31 Å². The Morgan fingerprint density at radius 1 is 1.27 bits per heavy atom. The van der Waals surface area contributed by atoms with E-state index in [4.69, 9.17) is 0 Å². The molecular formula is C9H17BN. The van der Waals surface area contributed by atoms with Crippen molar-refractivity contribution in [3.05, 3.63) is 0 Å². The van der Waals surface area contributed by atoms with Gasteiger partial charge in [0.15, 0.2) is 0 Å². The first-order valence-electron chi connectivity index (χ1n) is 4.84. The summed E-state index contributed by atoms with van der Waals surface area (Å²) in [5.41, 5.74) is 0. The zero-order valence-corrected chi connectivity index (χ0v) is 7.47. The SMILES string of the molecule is CN1CCCCC2([B]CC2)C1. The third kappa shape index (κ3) is 1.46. The maximum absolute atomic E-state index is 2.55. The van der Waals surface area contributed by atoms with Crippen molar-refractivity contribution in [1.29, 1.82) is 0 Å². The molecule has 0 aromatic carbocycles. The van der Waals surface area contributed by atoms with Gasteiger partial charge in [0.1, 0.15) is 7.28 Å². The molecule has 2 rings (SSSR count). The van der Waals surface area contributed by atoms with Gasteiger partial charge in [0, 0.05) is 0 Å². The molecule has 0 saturated carbocycles. The highest BCUT2D eigenvalue weighted by molar-refractivity contribution is 6.44. The Balaban J connectivity index is 1.97. The molecule has 1 atom stereocenters. The zero-order chi connectivity index (χ0) is 7.73. The minimum absolute atomic E-state index is 0.658. The van der Waals surface area contributed by atoms with E-state index >= 15 is 0 Å². The molecule has 2 aliphatic heterocycles. The topological polar surface area (TPSA) is 3.24 Å². The molecule has 61 valence electrons. The van der Waals surface area contributed by atoms with Crippen LogP contribution in [-0.2, 0) is 0 Å². The highest BCUT2D eigenvalue weighted by Crippen LogP contribution is 2.47. The molecule has 0 N–H and O–H groups in total. The van der Waals surface area contributed by atoms with Crippen LogP contribution in [0.1, 0.15) is 25.7 Å². The van der Waals surface area contributed by atoms with Crippen LogP contribution in [0.4, 0.5) is 0 Å². The van der Waals surface area contributed by atoms with Crippen molar-refractivity contribution in [2.24, 2.45) is 0 Å². The predicted octanol–water partition coefficient (Wildman–Crippen LogP) is 1.79. The second-order valence-corrected chi connectivity index (χ2v) is 4.30. The number of likely N-dealkylation sites (tertiary alicyclic amines) is 1. The van der Waals surface area contributed by atoms with Crippen LogP contribution in [0.5, 0.6) is 0 Å². The van der Waals surface area contributed by atoms with Gasteiger partial charge < -0.3 is 4.90 Å². The van der Waals surface area contributed by atoms with Crippen LogP contribution in [-0.4, -0.2) is 32.3 Å². The molecule has 2 fully saturated rings. The fourth-order valence-corrected chi connectivity index (χ4v) is 2.48. The van der Waals surface area contributed by atoms with Crippen LogP contribution >= 0.6 is 0 Å². The zero-order valence-electron chi connectivity index (χ0n) is 7.47. The minimum Gasteiger partial charge on any atom is -0.307 e. The Hall–Kier alpha value is 0.0249. The fraction of sp³-hybridized carbons (Fsp3) is 1.00. The molecule has 0 amide bonds. The van der Waals surface area contributed by atoms with Crippen molar-refractivity contribution >= 4 is 7.28 Å². The predicted molar refractivity (Wildman–Crippen MR) is 49.2 cm³/mol.